The number of amides is 1. The van der Waals surface area contributed by atoms with Crippen molar-refractivity contribution in [3.63, 3.8) is 0 Å². The number of piperidine rings is 1. The van der Waals surface area contributed by atoms with E-state index < -0.39 is 12.5 Å². The standard InChI is InChI=1S/C14H15F2N3OS/c1-9-4-6-14(15,16)8-19(9)13(20)12-3-2-11(21-12)10-5-7-17-18-10/h2-3,5,7,9H,4,6,8H2,1H3,(H,17,18). The molecule has 0 aromatic carbocycles. The number of halogens is 2. The largest absolute Gasteiger partial charge is 0.329 e. The van der Waals surface area contributed by atoms with Crippen LogP contribution in [0.5, 0.6) is 0 Å². The molecule has 0 spiro atoms. The predicted octanol–water partition coefficient (Wildman–Crippen LogP) is 3.40. The summed E-state index contributed by atoms with van der Waals surface area (Å²) in [6.07, 6.45) is 1.81. The molecule has 3 rings (SSSR count). The summed E-state index contributed by atoms with van der Waals surface area (Å²) >= 11 is 1.29. The summed E-state index contributed by atoms with van der Waals surface area (Å²) < 4.78 is 27.1. The van der Waals surface area contributed by atoms with Gasteiger partial charge in [0.1, 0.15) is 0 Å². The van der Waals surface area contributed by atoms with E-state index in [1.54, 1.807) is 24.4 Å². The Morgan fingerprint density at radius 1 is 1.48 bits per heavy atom. The zero-order chi connectivity index (χ0) is 15.0. The maximum absolute atomic E-state index is 13.5. The summed E-state index contributed by atoms with van der Waals surface area (Å²) in [5.74, 6) is -3.11. The molecular weight excluding hydrogens is 296 g/mol. The van der Waals surface area contributed by atoms with Gasteiger partial charge in [0.2, 0.25) is 0 Å². The molecule has 3 heterocycles. The van der Waals surface area contributed by atoms with E-state index in [9.17, 15) is 13.6 Å². The fourth-order valence-electron chi connectivity index (χ4n) is 2.46. The Balaban J connectivity index is 1.82. The van der Waals surface area contributed by atoms with E-state index in [-0.39, 0.29) is 18.4 Å². The van der Waals surface area contributed by atoms with E-state index in [0.717, 1.165) is 10.6 Å². The van der Waals surface area contributed by atoms with Crippen molar-refractivity contribution in [1.82, 2.24) is 15.1 Å². The number of aromatic amines is 1. The second kappa shape index (κ2) is 5.22. The number of carbonyl (C=O) groups excluding carboxylic acids is 1. The van der Waals surface area contributed by atoms with Crippen LogP contribution in [0.25, 0.3) is 10.6 Å². The molecule has 112 valence electrons. The fraction of sp³-hybridized carbons (Fsp3) is 0.429. The van der Waals surface area contributed by atoms with Crippen LogP contribution in [0.1, 0.15) is 29.4 Å². The van der Waals surface area contributed by atoms with Gasteiger partial charge < -0.3 is 4.90 Å². The lowest BCUT2D eigenvalue weighted by Gasteiger charge is -2.37. The van der Waals surface area contributed by atoms with Gasteiger partial charge in [-0.25, -0.2) is 8.78 Å². The van der Waals surface area contributed by atoms with E-state index in [1.807, 2.05) is 6.92 Å². The number of thiophene rings is 1. The lowest BCUT2D eigenvalue weighted by molar-refractivity contribution is -0.0693. The maximum Gasteiger partial charge on any atom is 0.265 e. The molecule has 0 radical (unpaired) electrons. The summed E-state index contributed by atoms with van der Waals surface area (Å²) in [5, 5.41) is 6.68. The topological polar surface area (TPSA) is 49.0 Å². The Kier molecular flexibility index (Phi) is 3.52. The minimum absolute atomic E-state index is 0.151. The molecule has 1 amide bonds. The van der Waals surface area contributed by atoms with Gasteiger partial charge in [-0.05, 0) is 31.5 Å². The molecule has 1 saturated heterocycles. The normalized spacial score (nSPS) is 21.5. The van der Waals surface area contributed by atoms with E-state index >= 15 is 0 Å². The molecule has 0 bridgehead atoms. The quantitative estimate of drug-likeness (QED) is 0.924. The lowest BCUT2D eigenvalue weighted by Crippen LogP contribution is -2.50. The SMILES string of the molecule is CC1CCC(F)(F)CN1C(=O)c1ccc(-c2ccn[nH]2)s1. The first kappa shape index (κ1) is 14.2. The van der Waals surface area contributed by atoms with Gasteiger partial charge >= 0.3 is 0 Å². The molecule has 1 atom stereocenters. The highest BCUT2D eigenvalue weighted by Crippen LogP contribution is 2.33. The van der Waals surface area contributed by atoms with Crippen LogP contribution in [-0.2, 0) is 0 Å². The number of nitrogens with zero attached hydrogens (tertiary/aromatic N) is 2. The fourth-order valence-corrected chi connectivity index (χ4v) is 3.40. The molecule has 1 aliphatic rings. The van der Waals surface area contributed by atoms with Crippen LogP contribution in [0.3, 0.4) is 0 Å². The van der Waals surface area contributed by atoms with Crippen LogP contribution in [0.15, 0.2) is 24.4 Å². The molecule has 1 N–H and O–H groups in total. The number of alkyl halides is 2. The number of carbonyl (C=O) groups is 1. The van der Waals surface area contributed by atoms with Crippen molar-refractivity contribution >= 4 is 17.2 Å². The summed E-state index contributed by atoms with van der Waals surface area (Å²) in [7, 11) is 0. The summed E-state index contributed by atoms with van der Waals surface area (Å²) in [6.45, 7) is 1.32. The molecular formula is C14H15F2N3OS. The van der Waals surface area contributed by atoms with Crippen molar-refractivity contribution in [2.45, 2.75) is 31.7 Å². The summed E-state index contributed by atoms with van der Waals surface area (Å²) in [6, 6.07) is 5.13. The van der Waals surface area contributed by atoms with Crippen molar-refractivity contribution in [3.05, 3.63) is 29.3 Å². The van der Waals surface area contributed by atoms with E-state index in [2.05, 4.69) is 10.2 Å². The molecule has 1 fully saturated rings. The van der Waals surface area contributed by atoms with E-state index in [0.29, 0.717) is 11.3 Å². The van der Waals surface area contributed by atoms with Crippen molar-refractivity contribution in [2.75, 3.05) is 6.54 Å². The van der Waals surface area contributed by atoms with Crippen LogP contribution < -0.4 is 0 Å². The number of hydrogen-bond acceptors (Lipinski definition) is 3. The third kappa shape index (κ3) is 2.83. The first-order valence-electron chi connectivity index (χ1n) is 6.75. The second-order valence-electron chi connectivity index (χ2n) is 5.31. The average Bonchev–Trinajstić information content (AvgIpc) is 3.10. The van der Waals surface area contributed by atoms with E-state index in [4.69, 9.17) is 0 Å². The molecule has 21 heavy (non-hydrogen) atoms. The number of aromatic nitrogens is 2. The summed E-state index contributed by atoms with van der Waals surface area (Å²) in [4.78, 5) is 15.1. The lowest BCUT2D eigenvalue weighted by atomic mass is 10.0. The Bertz CT molecular complexity index is 638. The molecule has 0 saturated carbocycles. The molecule has 2 aromatic rings. The maximum atomic E-state index is 13.5. The molecule has 0 aliphatic carbocycles. The van der Waals surface area contributed by atoms with E-state index in [1.165, 1.54) is 16.2 Å². The van der Waals surface area contributed by atoms with Crippen LogP contribution in [-0.4, -0.2) is 39.5 Å². The number of H-pyrrole nitrogens is 1. The number of rotatable bonds is 2. The molecule has 2 aromatic heterocycles. The van der Waals surface area contributed by atoms with Crippen molar-refractivity contribution in [3.8, 4) is 10.6 Å². The molecule has 1 unspecified atom stereocenters. The first-order valence-corrected chi connectivity index (χ1v) is 7.56. The van der Waals surface area contributed by atoms with Crippen LogP contribution in [0.4, 0.5) is 8.78 Å². The van der Waals surface area contributed by atoms with Gasteiger partial charge in [-0.15, -0.1) is 11.3 Å². The summed E-state index contributed by atoms with van der Waals surface area (Å²) in [5.41, 5.74) is 0.816. The number of hydrogen-bond donors (Lipinski definition) is 1. The van der Waals surface area contributed by atoms with Gasteiger partial charge in [-0.1, -0.05) is 0 Å². The Morgan fingerprint density at radius 2 is 2.29 bits per heavy atom. The minimum Gasteiger partial charge on any atom is -0.329 e. The second-order valence-corrected chi connectivity index (χ2v) is 6.39. The number of nitrogens with one attached hydrogen (secondary N) is 1. The monoisotopic (exact) mass is 311 g/mol. The Morgan fingerprint density at radius 3 is 3.00 bits per heavy atom. The third-order valence-corrected chi connectivity index (χ3v) is 4.81. The van der Waals surface area contributed by atoms with Gasteiger partial charge in [-0.3, -0.25) is 9.89 Å². The first-order chi connectivity index (χ1) is 9.96. The van der Waals surface area contributed by atoms with Gasteiger partial charge in [-0.2, -0.15) is 5.10 Å². The Labute approximate surface area is 124 Å². The van der Waals surface area contributed by atoms with Crippen LogP contribution in [0, 0.1) is 0 Å². The highest BCUT2D eigenvalue weighted by Gasteiger charge is 2.40. The molecule has 1 aliphatic heterocycles. The van der Waals surface area contributed by atoms with Gasteiger partial charge in [0.15, 0.2) is 0 Å². The highest BCUT2D eigenvalue weighted by atomic mass is 32.1. The smallest absolute Gasteiger partial charge is 0.265 e. The van der Waals surface area contributed by atoms with Crippen molar-refractivity contribution in [2.24, 2.45) is 0 Å². The van der Waals surface area contributed by atoms with Crippen LogP contribution >= 0.6 is 11.3 Å². The van der Waals surface area contributed by atoms with Crippen molar-refractivity contribution < 1.29 is 13.6 Å². The van der Waals surface area contributed by atoms with Gasteiger partial charge in [0.05, 0.1) is 22.0 Å². The van der Waals surface area contributed by atoms with Gasteiger partial charge in [0, 0.05) is 18.7 Å². The molecule has 4 nitrogen and oxygen atoms in total. The average molecular weight is 311 g/mol. The predicted molar refractivity (Wildman–Crippen MR) is 76.6 cm³/mol. The Hall–Kier alpha value is -1.76. The van der Waals surface area contributed by atoms with Crippen LogP contribution in [0.2, 0.25) is 0 Å². The number of likely N-dealkylation sites (tertiary alicyclic amines) is 1. The minimum atomic E-state index is -2.79. The van der Waals surface area contributed by atoms with Gasteiger partial charge in [0.25, 0.3) is 11.8 Å². The zero-order valence-electron chi connectivity index (χ0n) is 11.5. The van der Waals surface area contributed by atoms with Crippen molar-refractivity contribution in [1.29, 1.82) is 0 Å². The third-order valence-electron chi connectivity index (χ3n) is 3.71. The highest BCUT2D eigenvalue weighted by molar-refractivity contribution is 7.17. The zero-order valence-corrected chi connectivity index (χ0v) is 12.3. The molecule has 7 heteroatoms.